The Bertz CT molecular complexity index is 725. The number of carbonyl (C=O) groups is 1. The van der Waals surface area contributed by atoms with Gasteiger partial charge in [-0.05, 0) is 36.8 Å². The zero-order valence-corrected chi connectivity index (χ0v) is 15.9. The van der Waals surface area contributed by atoms with Crippen molar-refractivity contribution < 1.29 is 4.79 Å². The number of aromatic nitrogens is 1. The number of aryl methyl sites for hydroxylation is 1. The van der Waals surface area contributed by atoms with Gasteiger partial charge >= 0.3 is 0 Å². The first-order chi connectivity index (χ1) is 12.0. The van der Waals surface area contributed by atoms with Crippen LogP contribution in [0.4, 0.5) is 5.69 Å². The molecule has 25 heavy (non-hydrogen) atoms. The van der Waals surface area contributed by atoms with Crippen molar-refractivity contribution in [2.45, 2.75) is 51.4 Å². The zero-order valence-electron chi connectivity index (χ0n) is 15.1. The lowest BCUT2D eigenvalue weighted by Crippen LogP contribution is -2.39. The van der Waals surface area contributed by atoms with Crippen molar-refractivity contribution in [2.24, 2.45) is 0 Å². The Morgan fingerprint density at radius 2 is 2.20 bits per heavy atom. The minimum atomic E-state index is 0.230. The van der Waals surface area contributed by atoms with Crippen LogP contribution in [0.15, 0.2) is 29.6 Å². The van der Waals surface area contributed by atoms with Crippen LogP contribution >= 0.6 is 11.3 Å². The van der Waals surface area contributed by atoms with Crippen LogP contribution in [0.2, 0.25) is 0 Å². The first kappa shape index (κ1) is 17.9. The molecular formula is C20H27N3OS. The summed E-state index contributed by atoms with van der Waals surface area (Å²) in [6, 6.07) is 7.80. The van der Waals surface area contributed by atoms with E-state index in [0.29, 0.717) is 24.7 Å². The van der Waals surface area contributed by atoms with Crippen LogP contribution < -0.4 is 5.73 Å². The van der Waals surface area contributed by atoms with Gasteiger partial charge in [-0.3, -0.25) is 4.79 Å². The quantitative estimate of drug-likeness (QED) is 0.816. The molecule has 2 aromatic rings. The summed E-state index contributed by atoms with van der Waals surface area (Å²) in [5.74, 6) is 1.08. The molecule has 1 atom stereocenters. The number of carbonyl (C=O) groups excluding carboxylic acids is 1. The summed E-state index contributed by atoms with van der Waals surface area (Å²) in [5, 5.41) is 3.35. The Hall–Kier alpha value is -1.88. The van der Waals surface area contributed by atoms with Gasteiger partial charge in [-0.2, -0.15) is 0 Å². The first-order valence-corrected chi connectivity index (χ1v) is 9.99. The molecule has 1 aliphatic heterocycles. The van der Waals surface area contributed by atoms with Crippen molar-refractivity contribution in [3.05, 3.63) is 45.9 Å². The number of rotatable bonds is 5. The van der Waals surface area contributed by atoms with Gasteiger partial charge in [0.1, 0.15) is 0 Å². The molecule has 1 aromatic carbocycles. The summed E-state index contributed by atoms with van der Waals surface area (Å²) < 4.78 is 0. The average molecular weight is 358 g/mol. The Morgan fingerprint density at radius 3 is 2.92 bits per heavy atom. The van der Waals surface area contributed by atoms with Crippen LogP contribution in [0.25, 0.3) is 0 Å². The number of likely N-dealkylation sites (tertiary alicyclic amines) is 1. The molecule has 5 heteroatoms. The number of thiazole rings is 1. The highest BCUT2D eigenvalue weighted by Gasteiger charge is 2.26. The molecule has 1 saturated heterocycles. The minimum absolute atomic E-state index is 0.230. The number of anilines is 1. The van der Waals surface area contributed by atoms with E-state index in [4.69, 9.17) is 10.7 Å². The molecule has 1 fully saturated rings. The minimum Gasteiger partial charge on any atom is -0.399 e. The number of amides is 1. The molecule has 0 aliphatic carbocycles. The molecule has 0 saturated carbocycles. The lowest BCUT2D eigenvalue weighted by atomic mass is 9.98. The van der Waals surface area contributed by atoms with Gasteiger partial charge in [0.05, 0.1) is 10.7 Å². The molecule has 1 amide bonds. The van der Waals surface area contributed by atoms with Crippen molar-refractivity contribution in [2.75, 3.05) is 18.8 Å². The summed E-state index contributed by atoms with van der Waals surface area (Å²) in [6.45, 7) is 6.01. The predicted octanol–water partition coefficient (Wildman–Crippen LogP) is 4.19. The third-order valence-electron chi connectivity index (χ3n) is 4.92. The van der Waals surface area contributed by atoms with Crippen LogP contribution in [-0.2, 0) is 11.2 Å². The lowest BCUT2D eigenvalue weighted by molar-refractivity contribution is -0.132. The van der Waals surface area contributed by atoms with E-state index < -0.39 is 0 Å². The Labute approximate surface area is 154 Å². The van der Waals surface area contributed by atoms with Gasteiger partial charge in [0, 0.05) is 36.5 Å². The molecule has 134 valence electrons. The van der Waals surface area contributed by atoms with Crippen LogP contribution in [0.1, 0.15) is 61.2 Å². The number of benzene rings is 1. The number of hydrogen-bond donors (Lipinski definition) is 1. The summed E-state index contributed by atoms with van der Waals surface area (Å²) in [7, 11) is 0. The Balaban J connectivity index is 1.58. The van der Waals surface area contributed by atoms with Gasteiger partial charge in [0.25, 0.3) is 0 Å². The van der Waals surface area contributed by atoms with Crippen molar-refractivity contribution >= 4 is 22.9 Å². The zero-order chi connectivity index (χ0) is 17.8. The number of nitrogens with two attached hydrogens (primary N) is 1. The molecule has 4 nitrogen and oxygen atoms in total. The van der Waals surface area contributed by atoms with Crippen molar-refractivity contribution in [1.29, 1.82) is 0 Å². The number of nitrogens with zero attached hydrogens (tertiary/aromatic N) is 2. The highest BCUT2D eigenvalue weighted by molar-refractivity contribution is 7.09. The first-order valence-electron chi connectivity index (χ1n) is 9.11. The molecule has 2 N–H and O–H groups in total. The second kappa shape index (κ2) is 8.00. The van der Waals surface area contributed by atoms with Crippen molar-refractivity contribution in [3.63, 3.8) is 0 Å². The van der Waals surface area contributed by atoms with E-state index in [2.05, 4.69) is 19.2 Å². The fourth-order valence-electron chi connectivity index (χ4n) is 3.32. The largest absolute Gasteiger partial charge is 0.399 e. The topological polar surface area (TPSA) is 59.2 Å². The van der Waals surface area contributed by atoms with Gasteiger partial charge in [0.2, 0.25) is 5.91 Å². The van der Waals surface area contributed by atoms with Gasteiger partial charge in [-0.15, -0.1) is 11.3 Å². The molecular weight excluding hydrogens is 330 g/mol. The molecule has 0 radical (unpaired) electrons. The van der Waals surface area contributed by atoms with Gasteiger partial charge in [-0.1, -0.05) is 32.0 Å². The van der Waals surface area contributed by atoms with Crippen LogP contribution in [0.5, 0.6) is 0 Å². The van der Waals surface area contributed by atoms with Gasteiger partial charge in [0.15, 0.2) is 0 Å². The second-order valence-electron chi connectivity index (χ2n) is 7.14. The van der Waals surface area contributed by atoms with E-state index in [0.717, 1.165) is 37.2 Å². The van der Waals surface area contributed by atoms with E-state index >= 15 is 0 Å². The second-order valence-corrected chi connectivity index (χ2v) is 8.03. The van der Waals surface area contributed by atoms with E-state index in [1.54, 1.807) is 11.3 Å². The van der Waals surface area contributed by atoms with E-state index in [1.165, 1.54) is 10.7 Å². The Kier molecular flexibility index (Phi) is 5.74. The van der Waals surface area contributed by atoms with Gasteiger partial charge in [-0.25, -0.2) is 4.98 Å². The fraction of sp³-hybridized carbons (Fsp3) is 0.500. The third-order valence-corrected chi connectivity index (χ3v) is 5.94. The average Bonchev–Trinajstić information content (AvgIpc) is 3.11. The standard InChI is InChI=1S/C20H27N3OS/c1-14(2)18-13-25-20(22-18)16-7-5-11-23(12-16)19(24)10-9-15-6-3-4-8-17(15)21/h3-4,6,8,13-14,16H,5,7,9-12,21H2,1-2H3. The van der Waals surface area contributed by atoms with Crippen molar-refractivity contribution in [3.8, 4) is 0 Å². The molecule has 1 aliphatic rings. The van der Waals surface area contributed by atoms with E-state index in [-0.39, 0.29) is 5.91 Å². The molecule has 1 aromatic heterocycles. The monoisotopic (exact) mass is 357 g/mol. The summed E-state index contributed by atoms with van der Waals surface area (Å²) in [6.07, 6.45) is 3.42. The van der Waals surface area contributed by atoms with Crippen LogP contribution in [0, 0.1) is 0 Å². The number of piperidine rings is 1. The third kappa shape index (κ3) is 4.40. The highest BCUT2D eigenvalue weighted by Crippen LogP contribution is 2.31. The molecule has 0 spiro atoms. The molecule has 0 bridgehead atoms. The predicted molar refractivity (Wildman–Crippen MR) is 104 cm³/mol. The normalized spacial score (nSPS) is 17.9. The van der Waals surface area contributed by atoms with E-state index in [9.17, 15) is 4.79 Å². The maximum atomic E-state index is 12.6. The van der Waals surface area contributed by atoms with Crippen LogP contribution in [0.3, 0.4) is 0 Å². The smallest absolute Gasteiger partial charge is 0.222 e. The number of para-hydroxylation sites is 1. The fourth-order valence-corrected chi connectivity index (χ4v) is 4.43. The van der Waals surface area contributed by atoms with E-state index in [1.807, 2.05) is 29.2 Å². The lowest BCUT2D eigenvalue weighted by Gasteiger charge is -2.32. The summed E-state index contributed by atoms with van der Waals surface area (Å²) in [4.78, 5) is 19.5. The summed E-state index contributed by atoms with van der Waals surface area (Å²) >= 11 is 1.74. The van der Waals surface area contributed by atoms with Crippen LogP contribution in [-0.4, -0.2) is 28.9 Å². The maximum Gasteiger partial charge on any atom is 0.222 e. The number of hydrogen-bond acceptors (Lipinski definition) is 4. The Morgan fingerprint density at radius 1 is 1.40 bits per heavy atom. The highest BCUT2D eigenvalue weighted by atomic mass is 32.1. The SMILES string of the molecule is CC(C)c1csc(C2CCCN(C(=O)CCc3ccccc3N)C2)n1. The molecule has 3 rings (SSSR count). The van der Waals surface area contributed by atoms with Gasteiger partial charge < -0.3 is 10.6 Å². The maximum absolute atomic E-state index is 12.6. The number of nitrogen functional groups attached to an aromatic ring is 1. The molecule has 2 heterocycles. The summed E-state index contributed by atoms with van der Waals surface area (Å²) in [5.41, 5.74) is 8.98. The molecule has 1 unspecified atom stereocenters. The van der Waals surface area contributed by atoms with Crippen molar-refractivity contribution in [1.82, 2.24) is 9.88 Å².